The summed E-state index contributed by atoms with van der Waals surface area (Å²) in [4.78, 5) is 18.5. The predicted molar refractivity (Wildman–Crippen MR) is 198 cm³/mol. The van der Waals surface area contributed by atoms with Crippen LogP contribution in [0, 0.1) is 12.8 Å². The fourth-order valence-corrected chi connectivity index (χ4v) is 7.23. The second-order valence-electron chi connectivity index (χ2n) is 15.4. The lowest BCUT2D eigenvalue weighted by molar-refractivity contribution is 0.0398. The summed E-state index contributed by atoms with van der Waals surface area (Å²) in [6.45, 7) is 22.3. The Hall–Kier alpha value is -3.19. The molecule has 12 heteroatoms. The average Bonchev–Trinajstić information content (AvgIpc) is 3.00. The molecule has 2 N–H and O–H groups in total. The van der Waals surface area contributed by atoms with Crippen LogP contribution in [0.2, 0.25) is 18.1 Å². The van der Waals surface area contributed by atoms with E-state index in [4.69, 9.17) is 23.8 Å². The van der Waals surface area contributed by atoms with E-state index in [0.717, 1.165) is 47.4 Å². The minimum absolute atomic E-state index is 0.0521. The molecule has 3 rings (SSSR count). The minimum atomic E-state index is -3.97. The van der Waals surface area contributed by atoms with Crippen LogP contribution in [0.1, 0.15) is 79.2 Å². The van der Waals surface area contributed by atoms with Crippen molar-refractivity contribution in [3.8, 4) is 0 Å². The molecule has 10 nitrogen and oxygen atoms in total. The Morgan fingerprint density at radius 1 is 1.08 bits per heavy atom. The molecule has 2 atom stereocenters. The van der Waals surface area contributed by atoms with E-state index in [2.05, 4.69) is 45.4 Å². The Bertz CT molecular complexity index is 1580. The number of rotatable bonds is 13. The number of allylic oxidation sites excluding steroid dienone is 6. The highest BCUT2D eigenvalue weighted by Gasteiger charge is 2.40. The van der Waals surface area contributed by atoms with E-state index in [-0.39, 0.29) is 29.1 Å². The van der Waals surface area contributed by atoms with Crippen LogP contribution in [0.5, 0.6) is 0 Å². The lowest BCUT2D eigenvalue weighted by atomic mass is 9.88. The highest BCUT2D eigenvalue weighted by molar-refractivity contribution is 7.86. The lowest BCUT2D eigenvalue weighted by Gasteiger charge is -2.39. The molecule has 0 bridgehead atoms. The van der Waals surface area contributed by atoms with Crippen molar-refractivity contribution in [1.29, 1.82) is 0 Å². The summed E-state index contributed by atoms with van der Waals surface area (Å²) >= 11 is 0. The van der Waals surface area contributed by atoms with E-state index < -0.39 is 36.2 Å². The Morgan fingerprint density at radius 3 is 2.31 bits per heavy atom. The summed E-state index contributed by atoms with van der Waals surface area (Å²) in [7, 11) is -4.58. The number of carbonyl (C=O) groups is 1. The normalized spacial score (nSPS) is 18.0. The van der Waals surface area contributed by atoms with Crippen LogP contribution in [0.3, 0.4) is 0 Å². The molecule has 1 unspecified atom stereocenters. The molecule has 0 spiro atoms. The van der Waals surface area contributed by atoms with Crippen LogP contribution >= 0.6 is 0 Å². The molecule has 1 aromatic carbocycles. The highest BCUT2D eigenvalue weighted by atomic mass is 32.2. The van der Waals surface area contributed by atoms with Gasteiger partial charge in [0.05, 0.1) is 17.3 Å². The van der Waals surface area contributed by atoms with Crippen molar-refractivity contribution in [3.63, 3.8) is 0 Å². The largest absolute Gasteiger partial charge is 0.495 e. The van der Waals surface area contributed by atoms with Gasteiger partial charge in [-0.3, -0.25) is 9.08 Å². The summed E-state index contributed by atoms with van der Waals surface area (Å²) in [6, 6.07) is 6.58. The Morgan fingerprint density at radius 2 is 1.73 bits per heavy atom. The number of aliphatic imine (C=N–C) groups is 1. The third-order valence-electron chi connectivity index (χ3n) is 9.11. The number of benzene rings is 1. The average molecular weight is 716 g/mol. The van der Waals surface area contributed by atoms with Crippen LogP contribution in [0.15, 0.2) is 81.7 Å². The number of hydrogen-bond donors (Lipinski definition) is 1. The first kappa shape index (κ1) is 40.2. The van der Waals surface area contributed by atoms with Crippen LogP contribution in [-0.2, 0) is 28.2 Å². The number of aryl methyl sites for hydroxylation is 1. The molecule has 272 valence electrons. The Balaban J connectivity index is 1.60. The maximum atomic E-state index is 13.0. The van der Waals surface area contributed by atoms with E-state index in [1.165, 1.54) is 4.90 Å². The molecule has 2 aliphatic rings. The molecule has 1 heterocycles. The minimum Gasteiger partial charge on any atom is -0.495 e. The van der Waals surface area contributed by atoms with Crippen molar-refractivity contribution in [2.45, 2.75) is 115 Å². The van der Waals surface area contributed by atoms with Crippen molar-refractivity contribution in [3.05, 3.63) is 77.4 Å². The first-order valence-corrected chi connectivity index (χ1v) is 21.2. The third kappa shape index (κ3) is 12.0. The van der Waals surface area contributed by atoms with Crippen molar-refractivity contribution < 1.29 is 31.3 Å². The molecule has 49 heavy (non-hydrogen) atoms. The van der Waals surface area contributed by atoms with Gasteiger partial charge in [-0.15, -0.1) is 0 Å². The van der Waals surface area contributed by atoms with Gasteiger partial charge in [-0.25, -0.2) is 9.79 Å². The fourth-order valence-electron chi connectivity index (χ4n) is 4.97. The number of nitrogens with zero attached hydrogens (tertiary/aromatic N) is 2. The van der Waals surface area contributed by atoms with Gasteiger partial charge in [0.2, 0.25) is 0 Å². The quantitative estimate of drug-likeness (QED) is 0.160. The summed E-state index contributed by atoms with van der Waals surface area (Å²) in [5.74, 6) is 1.47. The number of nitrogens with two attached hydrogens (primary N) is 1. The zero-order chi connectivity index (χ0) is 36.8. The number of hydrogen-bond acceptors (Lipinski definition) is 9. The van der Waals surface area contributed by atoms with Gasteiger partial charge in [-0.05, 0) is 94.9 Å². The van der Waals surface area contributed by atoms with Crippen molar-refractivity contribution >= 4 is 30.4 Å². The second-order valence-corrected chi connectivity index (χ2v) is 21.8. The van der Waals surface area contributed by atoms with E-state index >= 15 is 0 Å². The number of ether oxygens (including phenoxy) is 2. The molecule has 0 saturated heterocycles. The van der Waals surface area contributed by atoms with E-state index in [0.29, 0.717) is 18.7 Å². The van der Waals surface area contributed by atoms with Gasteiger partial charge in [0.15, 0.2) is 8.32 Å². The Kier molecular flexibility index (Phi) is 13.3. The van der Waals surface area contributed by atoms with E-state index in [9.17, 15) is 13.2 Å². The molecule has 0 radical (unpaired) electrons. The second kappa shape index (κ2) is 16.2. The van der Waals surface area contributed by atoms with E-state index in [1.54, 1.807) is 37.5 Å². The molecular formula is C37H57N3O7SSi. The lowest BCUT2D eigenvalue weighted by Crippen LogP contribution is -2.46. The SMILES string of the molecule is C=C(CC[C@@H]1CC(OCC(COS(=O)(=O)c2ccc(C)cc2)O[Si](C)(C)C(C)(C)C)=CC=C1N)C1=CN=C(N(C)C(=O)OC(C)(C)C)CC1. The maximum Gasteiger partial charge on any atom is 0.415 e. The molecule has 0 fully saturated rings. The predicted octanol–water partition coefficient (Wildman–Crippen LogP) is 8.13. The smallest absolute Gasteiger partial charge is 0.415 e. The van der Waals surface area contributed by atoms with Crippen molar-refractivity contribution in [2.75, 3.05) is 20.3 Å². The Labute approximate surface area is 295 Å². The summed E-state index contributed by atoms with van der Waals surface area (Å²) in [5, 5.41) is -0.0927. The van der Waals surface area contributed by atoms with Crippen LogP contribution in [0.25, 0.3) is 0 Å². The molecule has 1 amide bonds. The number of amidine groups is 1. The summed E-state index contributed by atoms with van der Waals surface area (Å²) < 4.78 is 49.8. The van der Waals surface area contributed by atoms with Gasteiger partial charge >= 0.3 is 6.09 Å². The van der Waals surface area contributed by atoms with Crippen LogP contribution < -0.4 is 5.73 Å². The maximum absolute atomic E-state index is 13.0. The zero-order valence-electron chi connectivity index (χ0n) is 31.1. The van der Waals surface area contributed by atoms with Gasteiger partial charge in [0.25, 0.3) is 10.1 Å². The van der Waals surface area contributed by atoms with Crippen molar-refractivity contribution in [2.24, 2.45) is 16.6 Å². The van der Waals surface area contributed by atoms with Gasteiger partial charge in [-0.1, -0.05) is 50.6 Å². The van der Waals surface area contributed by atoms with Gasteiger partial charge in [0.1, 0.15) is 24.1 Å². The van der Waals surface area contributed by atoms with Gasteiger partial charge < -0.3 is 19.6 Å². The number of amides is 1. The molecule has 0 saturated carbocycles. The first-order chi connectivity index (χ1) is 22.6. The summed E-state index contributed by atoms with van der Waals surface area (Å²) in [6.07, 6.45) is 7.96. The molecule has 1 aliphatic heterocycles. The molecule has 1 aliphatic carbocycles. The molecule has 1 aromatic rings. The summed E-state index contributed by atoms with van der Waals surface area (Å²) in [5.41, 5.74) is 9.62. The zero-order valence-corrected chi connectivity index (χ0v) is 32.9. The highest BCUT2D eigenvalue weighted by Crippen LogP contribution is 2.38. The van der Waals surface area contributed by atoms with Gasteiger partial charge in [0, 0.05) is 37.7 Å². The first-order valence-electron chi connectivity index (χ1n) is 16.9. The standard InChI is InChI=1S/C37H57N3O7SSi/c1-26-12-18-32(19-13-26)48(42,43)45-25-31(47-49(10,11)37(6,7)8)24-44-30-17-20-33(38)28(22-30)15-14-27(2)29-16-21-34(39-23-29)40(9)35(41)46-36(3,4)5/h12-13,17-20,23,28,31H,2,14-16,21-22,24-25,38H2,1,3-11H3/t28-,31?/m1/s1. The monoisotopic (exact) mass is 715 g/mol. The van der Waals surface area contributed by atoms with Gasteiger partial charge in [-0.2, -0.15) is 8.42 Å². The topological polar surface area (TPSA) is 130 Å². The number of carbonyl (C=O) groups excluding carboxylic acids is 1. The van der Waals surface area contributed by atoms with Crippen LogP contribution in [-0.4, -0.2) is 65.5 Å². The fraction of sp³-hybridized carbons (Fsp3) is 0.568. The van der Waals surface area contributed by atoms with E-state index in [1.807, 2.05) is 39.8 Å². The molecule has 0 aromatic heterocycles. The third-order valence-corrected chi connectivity index (χ3v) is 14.9. The van der Waals surface area contributed by atoms with Crippen molar-refractivity contribution in [1.82, 2.24) is 4.90 Å². The van der Waals surface area contributed by atoms with Crippen LogP contribution in [0.4, 0.5) is 4.79 Å². The molecular weight excluding hydrogens is 659 g/mol.